The Kier molecular flexibility index (Phi) is 5.68. The third-order valence-electron chi connectivity index (χ3n) is 5.01. The summed E-state index contributed by atoms with van der Waals surface area (Å²) in [4.78, 5) is 39.4. The minimum absolute atomic E-state index is 0.0836. The molecule has 0 bridgehead atoms. The normalized spacial score (nSPS) is 22.4. The largest absolute Gasteiger partial charge is 0.461 e. The highest BCUT2D eigenvalue weighted by Crippen LogP contribution is 2.47. The molecular weight excluding hydrogens is 346 g/mol. The molecular formula is C20H27N3O4. The predicted octanol–water partition coefficient (Wildman–Crippen LogP) is 1.61. The summed E-state index contributed by atoms with van der Waals surface area (Å²) in [7, 11) is 0. The third kappa shape index (κ3) is 4.78. The van der Waals surface area contributed by atoms with Crippen molar-refractivity contribution in [1.29, 1.82) is 0 Å². The molecule has 2 atom stereocenters. The first-order valence-electron chi connectivity index (χ1n) is 9.51. The smallest absolute Gasteiger partial charge is 0.312 e. The highest BCUT2D eigenvalue weighted by molar-refractivity contribution is 6.35. The number of furan rings is 1. The molecule has 0 spiro atoms. The fraction of sp³-hybridized carbons (Fsp3) is 0.550. The fourth-order valence-corrected chi connectivity index (χ4v) is 3.23. The van der Waals surface area contributed by atoms with E-state index in [1.807, 2.05) is 12.1 Å². The van der Waals surface area contributed by atoms with Gasteiger partial charge in [0.2, 0.25) is 5.91 Å². The lowest BCUT2D eigenvalue weighted by Gasteiger charge is -2.33. The van der Waals surface area contributed by atoms with Crippen LogP contribution in [-0.4, -0.2) is 59.7 Å². The monoisotopic (exact) mass is 373 g/mol. The molecule has 2 unspecified atom stereocenters. The summed E-state index contributed by atoms with van der Waals surface area (Å²) in [5, 5.41) is 2.60. The van der Waals surface area contributed by atoms with E-state index in [0.29, 0.717) is 43.8 Å². The number of nitrogens with zero attached hydrogens (tertiary/aromatic N) is 2. The van der Waals surface area contributed by atoms with Gasteiger partial charge in [-0.1, -0.05) is 6.92 Å². The average Bonchev–Trinajstić information content (AvgIpc) is 3.18. The second-order valence-corrected chi connectivity index (χ2v) is 7.64. The Hall–Kier alpha value is -2.57. The summed E-state index contributed by atoms with van der Waals surface area (Å²) in [6.07, 6.45) is 4.35. The van der Waals surface area contributed by atoms with Crippen LogP contribution >= 0.6 is 0 Å². The molecule has 3 rings (SSSR count). The summed E-state index contributed by atoms with van der Waals surface area (Å²) in [5.41, 5.74) is 0. The quantitative estimate of drug-likeness (QED) is 0.642. The molecule has 1 aliphatic carbocycles. The SMILES string of the molecule is CC(C)NC(=O)C(=O)N1CCN(C(=O)/C=C/c2ccc(C3CC3C)o2)CC1. The number of rotatable bonds is 4. The van der Waals surface area contributed by atoms with Crippen LogP contribution in [0.3, 0.4) is 0 Å². The Morgan fingerprint density at radius 3 is 2.37 bits per heavy atom. The Labute approximate surface area is 159 Å². The van der Waals surface area contributed by atoms with Crippen LogP contribution in [0.1, 0.15) is 44.6 Å². The van der Waals surface area contributed by atoms with Gasteiger partial charge in [-0.15, -0.1) is 0 Å². The highest BCUT2D eigenvalue weighted by Gasteiger charge is 2.36. The summed E-state index contributed by atoms with van der Waals surface area (Å²) >= 11 is 0. The van der Waals surface area contributed by atoms with Gasteiger partial charge >= 0.3 is 11.8 Å². The molecule has 2 fully saturated rings. The lowest BCUT2D eigenvalue weighted by molar-refractivity contribution is -0.148. The van der Waals surface area contributed by atoms with E-state index in [2.05, 4.69) is 12.2 Å². The number of carbonyl (C=O) groups is 3. The molecule has 0 aromatic carbocycles. The van der Waals surface area contributed by atoms with E-state index >= 15 is 0 Å². The van der Waals surface area contributed by atoms with Crippen molar-refractivity contribution in [3.8, 4) is 0 Å². The number of piperazine rings is 1. The molecule has 1 saturated carbocycles. The Morgan fingerprint density at radius 2 is 1.78 bits per heavy atom. The minimum atomic E-state index is -0.594. The van der Waals surface area contributed by atoms with Crippen LogP contribution in [0.5, 0.6) is 0 Å². The van der Waals surface area contributed by atoms with Crippen molar-refractivity contribution in [2.75, 3.05) is 26.2 Å². The molecule has 1 aromatic heterocycles. The summed E-state index contributed by atoms with van der Waals surface area (Å²) in [5.74, 6) is 1.61. The topological polar surface area (TPSA) is 82.9 Å². The van der Waals surface area contributed by atoms with Gasteiger partial charge in [-0.05, 0) is 44.4 Å². The summed E-state index contributed by atoms with van der Waals surface area (Å²) in [6.45, 7) is 7.34. The molecule has 1 N–H and O–H groups in total. The number of amides is 3. The number of carbonyl (C=O) groups excluding carboxylic acids is 3. The molecule has 0 radical (unpaired) electrons. The molecule has 27 heavy (non-hydrogen) atoms. The first-order chi connectivity index (χ1) is 12.8. The molecule has 7 heteroatoms. The molecule has 2 heterocycles. The maximum absolute atomic E-state index is 12.3. The summed E-state index contributed by atoms with van der Waals surface area (Å²) < 4.78 is 5.77. The highest BCUT2D eigenvalue weighted by atomic mass is 16.3. The van der Waals surface area contributed by atoms with E-state index in [4.69, 9.17) is 4.42 Å². The van der Waals surface area contributed by atoms with Crippen molar-refractivity contribution in [3.63, 3.8) is 0 Å². The van der Waals surface area contributed by atoms with Crippen LogP contribution in [0.2, 0.25) is 0 Å². The maximum Gasteiger partial charge on any atom is 0.312 e. The van der Waals surface area contributed by atoms with Gasteiger partial charge in [0.1, 0.15) is 11.5 Å². The van der Waals surface area contributed by atoms with Crippen LogP contribution < -0.4 is 5.32 Å². The van der Waals surface area contributed by atoms with Crippen LogP contribution in [0, 0.1) is 5.92 Å². The Balaban J connectivity index is 1.47. The fourth-order valence-electron chi connectivity index (χ4n) is 3.23. The van der Waals surface area contributed by atoms with Gasteiger partial charge in [0, 0.05) is 44.2 Å². The minimum Gasteiger partial charge on any atom is -0.461 e. The lowest BCUT2D eigenvalue weighted by atomic mass is 10.2. The van der Waals surface area contributed by atoms with Gasteiger partial charge in [-0.2, -0.15) is 0 Å². The molecule has 1 aromatic rings. The van der Waals surface area contributed by atoms with Crippen LogP contribution in [0.15, 0.2) is 22.6 Å². The zero-order chi connectivity index (χ0) is 19.6. The van der Waals surface area contributed by atoms with E-state index in [1.165, 1.54) is 11.0 Å². The summed E-state index contributed by atoms with van der Waals surface area (Å²) in [6, 6.07) is 3.78. The van der Waals surface area contributed by atoms with Crippen LogP contribution in [0.4, 0.5) is 0 Å². The van der Waals surface area contributed by atoms with Gasteiger partial charge in [-0.25, -0.2) is 0 Å². The number of nitrogens with one attached hydrogen (secondary N) is 1. The molecule has 146 valence electrons. The van der Waals surface area contributed by atoms with Crippen molar-refractivity contribution in [1.82, 2.24) is 15.1 Å². The van der Waals surface area contributed by atoms with Crippen molar-refractivity contribution in [2.45, 2.75) is 39.2 Å². The second-order valence-electron chi connectivity index (χ2n) is 7.64. The Morgan fingerprint density at radius 1 is 1.15 bits per heavy atom. The first-order valence-corrected chi connectivity index (χ1v) is 9.51. The maximum atomic E-state index is 12.3. The number of hydrogen-bond acceptors (Lipinski definition) is 4. The third-order valence-corrected chi connectivity index (χ3v) is 5.01. The van der Waals surface area contributed by atoms with Gasteiger partial charge in [0.05, 0.1) is 0 Å². The van der Waals surface area contributed by atoms with Gasteiger partial charge in [0.15, 0.2) is 0 Å². The van der Waals surface area contributed by atoms with Crippen molar-refractivity contribution < 1.29 is 18.8 Å². The predicted molar refractivity (Wildman–Crippen MR) is 101 cm³/mol. The van der Waals surface area contributed by atoms with E-state index in [1.54, 1.807) is 24.8 Å². The standard InChI is InChI=1S/C20H27N3O4/c1-13(2)21-19(25)20(26)23-10-8-22(9-11-23)18(24)7-5-15-4-6-17(27-15)16-12-14(16)3/h4-7,13-14,16H,8-12H2,1-3H3,(H,21,25)/b7-5+. The molecule has 3 amide bonds. The van der Waals surface area contributed by atoms with E-state index in [-0.39, 0.29) is 11.9 Å². The molecule has 7 nitrogen and oxygen atoms in total. The lowest BCUT2D eigenvalue weighted by Crippen LogP contribution is -2.54. The molecule has 1 aliphatic heterocycles. The Bertz CT molecular complexity index is 744. The first kappa shape index (κ1) is 19.2. The van der Waals surface area contributed by atoms with Gasteiger partial charge in [0.25, 0.3) is 0 Å². The average molecular weight is 373 g/mol. The van der Waals surface area contributed by atoms with Gasteiger partial charge < -0.3 is 19.5 Å². The van der Waals surface area contributed by atoms with Crippen LogP contribution in [0.25, 0.3) is 6.08 Å². The van der Waals surface area contributed by atoms with E-state index in [0.717, 1.165) is 12.2 Å². The van der Waals surface area contributed by atoms with Crippen molar-refractivity contribution in [3.05, 3.63) is 29.7 Å². The van der Waals surface area contributed by atoms with Crippen molar-refractivity contribution >= 4 is 23.8 Å². The van der Waals surface area contributed by atoms with E-state index < -0.39 is 11.8 Å². The second kappa shape index (κ2) is 7.98. The van der Waals surface area contributed by atoms with Crippen molar-refractivity contribution in [2.24, 2.45) is 5.92 Å². The number of hydrogen-bond donors (Lipinski definition) is 1. The van der Waals surface area contributed by atoms with Crippen LogP contribution in [-0.2, 0) is 14.4 Å². The zero-order valence-electron chi connectivity index (χ0n) is 16.1. The van der Waals surface area contributed by atoms with E-state index in [9.17, 15) is 14.4 Å². The van der Waals surface area contributed by atoms with Gasteiger partial charge in [-0.3, -0.25) is 14.4 Å². The zero-order valence-corrected chi connectivity index (χ0v) is 16.1. The molecule has 2 aliphatic rings. The molecule has 1 saturated heterocycles.